The van der Waals surface area contributed by atoms with Gasteiger partial charge in [-0.15, -0.1) is 0 Å². The molecule has 0 aliphatic carbocycles. The normalized spacial score (nSPS) is 23.8. The molecule has 0 aromatic heterocycles. The molecule has 2 aliphatic heterocycles. The quantitative estimate of drug-likeness (QED) is 0.921. The Morgan fingerprint density at radius 2 is 2.06 bits per heavy atom. The van der Waals surface area contributed by atoms with Gasteiger partial charge in [-0.25, -0.2) is 0 Å². The fourth-order valence-electron chi connectivity index (χ4n) is 3.11. The molecular formula is C15H21BrN2. The van der Waals surface area contributed by atoms with E-state index in [1.807, 2.05) is 0 Å². The highest BCUT2D eigenvalue weighted by Gasteiger charge is 2.17. The monoisotopic (exact) mass is 308 g/mol. The molecule has 0 saturated carbocycles. The molecule has 3 rings (SSSR count). The molecule has 1 unspecified atom stereocenters. The van der Waals surface area contributed by atoms with Crippen molar-refractivity contribution >= 4 is 21.6 Å². The van der Waals surface area contributed by atoms with Gasteiger partial charge in [0.15, 0.2) is 0 Å². The smallest absolute Gasteiger partial charge is 0.0510 e. The van der Waals surface area contributed by atoms with Gasteiger partial charge in [0.05, 0.1) is 5.69 Å². The predicted molar refractivity (Wildman–Crippen MR) is 80.3 cm³/mol. The zero-order valence-electron chi connectivity index (χ0n) is 10.8. The molecule has 0 spiro atoms. The molecule has 2 nitrogen and oxygen atoms in total. The fraction of sp³-hybridized carbons (Fsp3) is 0.600. The number of nitrogens with zero attached hydrogens (tertiary/aromatic N) is 1. The van der Waals surface area contributed by atoms with Crippen molar-refractivity contribution in [1.29, 1.82) is 0 Å². The molecule has 1 atom stereocenters. The molecule has 98 valence electrons. The molecule has 2 heterocycles. The van der Waals surface area contributed by atoms with Crippen LogP contribution in [0.3, 0.4) is 0 Å². The van der Waals surface area contributed by atoms with E-state index in [0.29, 0.717) is 6.04 Å². The third-order valence-electron chi connectivity index (χ3n) is 4.10. The van der Waals surface area contributed by atoms with E-state index in [-0.39, 0.29) is 0 Å². The maximum absolute atomic E-state index is 3.74. The van der Waals surface area contributed by atoms with Crippen LogP contribution in [0.25, 0.3) is 0 Å². The lowest BCUT2D eigenvalue weighted by molar-refractivity contribution is 0.603. The highest BCUT2D eigenvalue weighted by Crippen LogP contribution is 2.30. The first-order valence-corrected chi connectivity index (χ1v) is 7.89. The Morgan fingerprint density at radius 3 is 2.72 bits per heavy atom. The molecule has 1 N–H and O–H groups in total. The minimum atomic E-state index is 0.689. The van der Waals surface area contributed by atoms with Gasteiger partial charge in [0.2, 0.25) is 0 Å². The molecule has 1 aromatic carbocycles. The summed E-state index contributed by atoms with van der Waals surface area (Å²) < 4.78 is 1.26. The number of nitrogens with one attached hydrogen (secondary N) is 1. The van der Waals surface area contributed by atoms with Gasteiger partial charge in [-0.2, -0.15) is 0 Å². The zero-order chi connectivity index (χ0) is 12.4. The van der Waals surface area contributed by atoms with Gasteiger partial charge in [-0.3, -0.25) is 0 Å². The van der Waals surface area contributed by atoms with E-state index in [9.17, 15) is 0 Å². The van der Waals surface area contributed by atoms with E-state index in [1.165, 1.54) is 67.5 Å². The highest BCUT2D eigenvalue weighted by atomic mass is 79.9. The Labute approximate surface area is 118 Å². The Bertz CT molecular complexity index is 407. The van der Waals surface area contributed by atoms with Gasteiger partial charge in [0.25, 0.3) is 0 Å². The second kappa shape index (κ2) is 5.62. The largest absolute Gasteiger partial charge is 0.371 e. The topological polar surface area (TPSA) is 15.3 Å². The Balaban J connectivity index is 1.71. The molecule has 0 bridgehead atoms. The molecule has 2 aliphatic rings. The van der Waals surface area contributed by atoms with Crippen LogP contribution in [0.1, 0.15) is 31.2 Å². The number of hydrogen-bond donors (Lipinski definition) is 1. The van der Waals surface area contributed by atoms with Crippen LogP contribution >= 0.6 is 15.9 Å². The lowest BCUT2D eigenvalue weighted by Crippen LogP contribution is -2.23. The van der Waals surface area contributed by atoms with E-state index in [2.05, 4.69) is 44.3 Å². The van der Waals surface area contributed by atoms with Crippen LogP contribution in [-0.2, 0) is 6.42 Å². The van der Waals surface area contributed by atoms with Crippen LogP contribution in [-0.4, -0.2) is 25.7 Å². The first-order chi connectivity index (χ1) is 8.83. The van der Waals surface area contributed by atoms with Crippen molar-refractivity contribution in [1.82, 2.24) is 5.32 Å². The standard InChI is InChI=1S/C15H21BrN2/c16-14-11-12(10-13-4-3-7-17-13)5-6-15(14)18-8-1-2-9-18/h5-6,11,13,17H,1-4,7-10H2. The van der Waals surface area contributed by atoms with E-state index in [4.69, 9.17) is 0 Å². The van der Waals surface area contributed by atoms with E-state index in [1.54, 1.807) is 0 Å². The number of benzene rings is 1. The average Bonchev–Trinajstić information content (AvgIpc) is 3.01. The third kappa shape index (κ3) is 2.72. The summed E-state index contributed by atoms with van der Waals surface area (Å²) >= 11 is 3.74. The van der Waals surface area contributed by atoms with Gasteiger partial charge in [-0.05, 0) is 72.3 Å². The molecule has 2 saturated heterocycles. The molecule has 3 heteroatoms. The van der Waals surface area contributed by atoms with Crippen molar-refractivity contribution in [2.45, 2.75) is 38.1 Å². The molecule has 2 fully saturated rings. The Morgan fingerprint density at radius 1 is 1.22 bits per heavy atom. The highest BCUT2D eigenvalue weighted by molar-refractivity contribution is 9.10. The van der Waals surface area contributed by atoms with Crippen molar-refractivity contribution in [2.75, 3.05) is 24.5 Å². The number of anilines is 1. The van der Waals surface area contributed by atoms with Crippen molar-refractivity contribution in [3.8, 4) is 0 Å². The van der Waals surface area contributed by atoms with Crippen molar-refractivity contribution < 1.29 is 0 Å². The number of rotatable bonds is 3. The lowest BCUT2D eigenvalue weighted by Gasteiger charge is -2.20. The number of halogens is 1. The number of hydrogen-bond acceptors (Lipinski definition) is 2. The average molecular weight is 309 g/mol. The minimum absolute atomic E-state index is 0.689. The Hall–Kier alpha value is -0.540. The van der Waals surface area contributed by atoms with Gasteiger partial charge < -0.3 is 10.2 Å². The summed E-state index contributed by atoms with van der Waals surface area (Å²) in [6.07, 6.45) is 6.49. The van der Waals surface area contributed by atoms with Crippen LogP contribution < -0.4 is 10.2 Å². The SMILES string of the molecule is Brc1cc(CC2CCCN2)ccc1N1CCCC1. The summed E-state index contributed by atoms with van der Waals surface area (Å²) in [5.41, 5.74) is 2.82. The summed E-state index contributed by atoms with van der Waals surface area (Å²) in [7, 11) is 0. The molecule has 1 aromatic rings. The maximum Gasteiger partial charge on any atom is 0.0510 e. The first-order valence-electron chi connectivity index (χ1n) is 7.10. The lowest BCUT2D eigenvalue weighted by atomic mass is 10.0. The predicted octanol–water partition coefficient (Wildman–Crippen LogP) is 3.34. The van der Waals surface area contributed by atoms with Crippen LogP contribution in [0.5, 0.6) is 0 Å². The van der Waals surface area contributed by atoms with Gasteiger partial charge in [-0.1, -0.05) is 6.07 Å². The zero-order valence-corrected chi connectivity index (χ0v) is 12.4. The molecule has 0 radical (unpaired) electrons. The van der Waals surface area contributed by atoms with Crippen LogP contribution in [0.2, 0.25) is 0 Å². The van der Waals surface area contributed by atoms with Crippen LogP contribution in [0.4, 0.5) is 5.69 Å². The Kier molecular flexibility index (Phi) is 3.90. The van der Waals surface area contributed by atoms with Gasteiger partial charge >= 0.3 is 0 Å². The summed E-state index contributed by atoms with van der Waals surface area (Å²) in [4.78, 5) is 2.49. The van der Waals surface area contributed by atoms with E-state index in [0.717, 1.165) is 0 Å². The summed E-state index contributed by atoms with van der Waals surface area (Å²) in [5.74, 6) is 0. The van der Waals surface area contributed by atoms with Gasteiger partial charge in [0.1, 0.15) is 0 Å². The van der Waals surface area contributed by atoms with Gasteiger partial charge in [0, 0.05) is 23.6 Å². The second-order valence-electron chi connectivity index (χ2n) is 5.48. The minimum Gasteiger partial charge on any atom is -0.371 e. The second-order valence-corrected chi connectivity index (χ2v) is 6.33. The van der Waals surface area contributed by atoms with Crippen molar-refractivity contribution in [3.05, 3.63) is 28.2 Å². The first kappa shape index (κ1) is 12.5. The summed E-state index contributed by atoms with van der Waals surface area (Å²) in [6.45, 7) is 3.61. The molecular weight excluding hydrogens is 288 g/mol. The van der Waals surface area contributed by atoms with E-state index < -0.39 is 0 Å². The van der Waals surface area contributed by atoms with Crippen LogP contribution in [0, 0.1) is 0 Å². The summed E-state index contributed by atoms with van der Waals surface area (Å²) in [6, 6.07) is 7.60. The molecule has 18 heavy (non-hydrogen) atoms. The fourth-order valence-corrected chi connectivity index (χ4v) is 3.78. The molecule has 0 amide bonds. The van der Waals surface area contributed by atoms with Crippen LogP contribution in [0.15, 0.2) is 22.7 Å². The summed E-state index contributed by atoms with van der Waals surface area (Å²) in [5, 5.41) is 3.57. The third-order valence-corrected chi connectivity index (χ3v) is 4.74. The maximum atomic E-state index is 3.74. The van der Waals surface area contributed by atoms with Crippen molar-refractivity contribution in [3.63, 3.8) is 0 Å². The van der Waals surface area contributed by atoms with E-state index >= 15 is 0 Å². The van der Waals surface area contributed by atoms with Crippen molar-refractivity contribution in [2.24, 2.45) is 0 Å².